The lowest BCUT2D eigenvalue weighted by atomic mass is 9.96. The number of hydrogen-bond donors (Lipinski definition) is 0. The number of fused-ring (bicyclic) bond motifs is 1. The normalized spacial score (nSPS) is 17.6. The van der Waals surface area contributed by atoms with Crippen LogP contribution in [0.4, 0.5) is 5.69 Å². The second kappa shape index (κ2) is 6.46. The fourth-order valence-electron chi connectivity index (χ4n) is 2.94. The highest BCUT2D eigenvalue weighted by atomic mass is 35.5. The van der Waals surface area contributed by atoms with Crippen LogP contribution in [0.15, 0.2) is 42.6 Å². The Kier molecular flexibility index (Phi) is 4.42. The standard InChI is InChI=1S/C17H19ClN2O/c1-21-12-14-7-16-17(8-15(18)9-19-16)20(11-14)10-13-5-3-2-4-6-13/h2-6,8-9,14H,7,10-12H2,1H3. The Labute approximate surface area is 130 Å². The summed E-state index contributed by atoms with van der Waals surface area (Å²) < 4.78 is 5.34. The predicted octanol–water partition coefficient (Wildman–Crippen LogP) is 3.56. The molecule has 2 aromatic rings. The Bertz CT molecular complexity index is 603. The minimum absolute atomic E-state index is 0.472. The van der Waals surface area contributed by atoms with Crippen molar-refractivity contribution < 1.29 is 4.74 Å². The van der Waals surface area contributed by atoms with Gasteiger partial charge in [0.15, 0.2) is 0 Å². The third-order valence-corrected chi connectivity index (χ3v) is 4.04. The van der Waals surface area contributed by atoms with Gasteiger partial charge >= 0.3 is 0 Å². The van der Waals surface area contributed by atoms with Crippen LogP contribution >= 0.6 is 11.6 Å². The summed E-state index contributed by atoms with van der Waals surface area (Å²) >= 11 is 6.13. The number of methoxy groups -OCH3 is 1. The molecule has 21 heavy (non-hydrogen) atoms. The molecule has 1 aromatic heterocycles. The van der Waals surface area contributed by atoms with E-state index in [0.717, 1.165) is 37.5 Å². The van der Waals surface area contributed by atoms with E-state index in [1.165, 1.54) is 5.56 Å². The number of hydrogen-bond acceptors (Lipinski definition) is 3. The molecule has 3 rings (SSSR count). The fraction of sp³-hybridized carbons (Fsp3) is 0.353. The Morgan fingerprint density at radius 1 is 1.33 bits per heavy atom. The minimum atomic E-state index is 0.472. The van der Waals surface area contributed by atoms with Crippen LogP contribution in [0, 0.1) is 5.92 Å². The highest BCUT2D eigenvalue weighted by Crippen LogP contribution is 2.31. The van der Waals surface area contributed by atoms with Gasteiger partial charge in [-0.15, -0.1) is 0 Å². The summed E-state index contributed by atoms with van der Waals surface area (Å²) in [5.74, 6) is 0.472. The summed E-state index contributed by atoms with van der Waals surface area (Å²) in [7, 11) is 1.76. The third kappa shape index (κ3) is 3.36. The molecule has 1 aromatic carbocycles. The first-order valence-electron chi connectivity index (χ1n) is 7.18. The van der Waals surface area contributed by atoms with Gasteiger partial charge in [-0.3, -0.25) is 4.98 Å². The van der Waals surface area contributed by atoms with Gasteiger partial charge in [0.05, 0.1) is 23.0 Å². The zero-order valence-corrected chi connectivity index (χ0v) is 12.9. The van der Waals surface area contributed by atoms with Gasteiger partial charge in [-0.25, -0.2) is 0 Å². The van der Waals surface area contributed by atoms with Crippen molar-refractivity contribution in [2.24, 2.45) is 5.92 Å². The van der Waals surface area contributed by atoms with Gasteiger partial charge in [-0.1, -0.05) is 41.9 Å². The summed E-state index contributed by atoms with van der Waals surface area (Å²) in [5.41, 5.74) is 3.56. The topological polar surface area (TPSA) is 25.4 Å². The van der Waals surface area contributed by atoms with Crippen LogP contribution in [0.1, 0.15) is 11.3 Å². The third-order valence-electron chi connectivity index (χ3n) is 3.83. The number of halogens is 1. The second-order valence-electron chi connectivity index (χ2n) is 5.51. The summed E-state index contributed by atoms with van der Waals surface area (Å²) in [4.78, 5) is 6.87. The van der Waals surface area contributed by atoms with Gasteiger partial charge < -0.3 is 9.64 Å². The van der Waals surface area contributed by atoms with E-state index < -0.39 is 0 Å². The van der Waals surface area contributed by atoms with E-state index >= 15 is 0 Å². The molecular weight excluding hydrogens is 284 g/mol. The molecule has 0 saturated carbocycles. The van der Waals surface area contributed by atoms with Crippen LogP contribution in [-0.2, 0) is 17.7 Å². The monoisotopic (exact) mass is 302 g/mol. The molecule has 0 N–H and O–H groups in total. The zero-order valence-electron chi connectivity index (χ0n) is 12.1. The lowest BCUT2D eigenvalue weighted by molar-refractivity contribution is 0.151. The number of rotatable bonds is 4. The maximum Gasteiger partial charge on any atom is 0.0642 e. The summed E-state index contributed by atoms with van der Waals surface area (Å²) in [6, 6.07) is 12.5. The molecule has 1 aliphatic rings. The first-order chi connectivity index (χ1) is 10.3. The van der Waals surface area contributed by atoms with Crippen LogP contribution in [0.25, 0.3) is 0 Å². The van der Waals surface area contributed by atoms with Crippen molar-refractivity contribution >= 4 is 17.3 Å². The minimum Gasteiger partial charge on any atom is -0.384 e. The molecular formula is C17H19ClN2O. The van der Waals surface area contributed by atoms with Crippen LogP contribution in [-0.4, -0.2) is 25.2 Å². The highest BCUT2D eigenvalue weighted by molar-refractivity contribution is 6.30. The van der Waals surface area contributed by atoms with Gasteiger partial charge in [0.25, 0.3) is 0 Å². The van der Waals surface area contributed by atoms with Gasteiger partial charge in [0.2, 0.25) is 0 Å². The van der Waals surface area contributed by atoms with Gasteiger partial charge in [0, 0.05) is 32.3 Å². The van der Waals surface area contributed by atoms with E-state index in [1.54, 1.807) is 13.3 Å². The molecule has 0 spiro atoms. The molecule has 0 radical (unpaired) electrons. The molecule has 1 atom stereocenters. The molecule has 1 aliphatic heterocycles. The SMILES string of the molecule is COCC1Cc2ncc(Cl)cc2N(Cc2ccccc2)C1. The van der Waals surface area contributed by atoms with Gasteiger partial charge in [-0.2, -0.15) is 0 Å². The Hall–Kier alpha value is -1.58. The number of pyridine rings is 1. The number of aromatic nitrogens is 1. The predicted molar refractivity (Wildman–Crippen MR) is 85.8 cm³/mol. The van der Waals surface area contributed by atoms with E-state index in [4.69, 9.17) is 16.3 Å². The van der Waals surface area contributed by atoms with Crippen LogP contribution in [0.3, 0.4) is 0 Å². The van der Waals surface area contributed by atoms with Gasteiger partial charge in [0.1, 0.15) is 0 Å². The van der Waals surface area contributed by atoms with Crippen molar-refractivity contribution in [2.75, 3.05) is 25.2 Å². The molecule has 3 nitrogen and oxygen atoms in total. The quantitative estimate of drug-likeness (QED) is 0.863. The maximum atomic E-state index is 6.13. The van der Waals surface area contributed by atoms with Crippen molar-refractivity contribution in [3.05, 3.63) is 58.9 Å². The van der Waals surface area contributed by atoms with E-state index in [9.17, 15) is 0 Å². The van der Waals surface area contributed by atoms with Crippen molar-refractivity contribution in [3.63, 3.8) is 0 Å². The van der Waals surface area contributed by atoms with E-state index in [1.807, 2.05) is 12.1 Å². The molecule has 0 saturated heterocycles. The van der Waals surface area contributed by atoms with Crippen molar-refractivity contribution in [2.45, 2.75) is 13.0 Å². The summed E-state index contributed by atoms with van der Waals surface area (Å²) in [6.45, 7) is 2.60. The molecule has 0 bridgehead atoms. The molecule has 0 aliphatic carbocycles. The average molecular weight is 303 g/mol. The van der Waals surface area contributed by atoms with Crippen LogP contribution in [0.2, 0.25) is 5.02 Å². The number of nitrogens with zero attached hydrogens (tertiary/aromatic N) is 2. The van der Waals surface area contributed by atoms with Crippen LogP contribution in [0.5, 0.6) is 0 Å². The van der Waals surface area contributed by atoms with Crippen LogP contribution < -0.4 is 4.90 Å². The summed E-state index contributed by atoms with van der Waals surface area (Å²) in [6.07, 6.45) is 2.68. The zero-order chi connectivity index (χ0) is 14.7. The van der Waals surface area contributed by atoms with E-state index in [0.29, 0.717) is 10.9 Å². The Morgan fingerprint density at radius 3 is 2.90 bits per heavy atom. The number of ether oxygens (including phenoxy) is 1. The van der Waals surface area contributed by atoms with E-state index in [-0.39, 0.29) is 0 Å². The molecule has 110 valence electrons. The lowest BCUT2D eigenvalue weighted by Gasteiger charge is -2.35. The molecule has 4 heteroatoms. The number of benzene rings is 1. The van der Waals surface area contributed by atoms with E-state index in [2.05, 4.69) is 34.1 Å². The van der Waals surface area contributed by atoms with Crippen molar-refractivity contribution in [3.8, 4) is 0 Å². The number of anilines is 1. The lowest BCUT2D eigenvalue weighted by Crippen LogP contribution is -2.37. The average Bonchev–Trinajstić information content (AvgIpc) is 2.49. The van der Waals surface area contributed by atoms with Crippen molar-refractivity contribution in [1.29, 1.82) is 0 Å². The first kappa shape index (κ1) is 14.4. The fourth-order valence-corrected chi connectivity index (χ4v) is 3.09. The molecule has 0 amide bonds. The molecule has 1 unspecified atom stereocenters. The first-order valence-corrected chi connectivity index (χ1v) is 7.56. The van der Waals surface area contributed by atoms with Crippen molar-refractivity contribution in [1.82, 2.24) is 4.98 Å². The second-order valence-corrected chi connectivity index (χ2v) is 5.95. The largest absolute Gasteiger partial charge is 0.384 e. The van der Waals surface area contributed by atoms with Gasteiger partial charge in [-0.05, 0) is 18.1 Å². The molecule has 2 heterocycles. The Morgan fingerprint density at radius 2 is 2.14 bits per heavy atom. The smallest absolute Gasteiger partial charge is 0.0642 e. The maximum absolute atomic E-state index is 6.13. The summed E-state index contributed by atoms with van der Waals surface area (Å²) in [5, 5.41) is 0.692. The molecule has 0 fully saturated rings. The Balaban J connectivity index is 1.89. The highest BCUT2D eigenvalue weighted by Gasteiger charge is 2.25.